The van der Waals surface area contributed by atoms with Crippen molar-refractivity contribution >= 4 is 18.5 Å². The fourth-order valence-corrected chi connectivity index (χ4v) is 1.30. The van der Waals surface area contributed by atoms with E-state index in [1.807, 2.05) is 0 Å². The van der Waals surface area contributed by atoms with Gasteiger partial charge in [-0.05, 0) is 6.92 Å². The van der Waals surface area contributed by atoms with Crippen molar-refractivity contribution in [3.05, 3.63) is 0 Å². The lowest BCUT2D eigenvalue weighted by Crippen LogP contribution is -2.52. The Balaban J connectivity index is 0.00000169. The average Bonchev–Trinajstić information content (AvgIpc) is 2.18. The monoisotopic (exact) mass is 224 g/mol. The number of nitrogens with zero attached hydrogens (tertiary/aromatic N) is 1. The molecule has 0 unspecified atom stereocenters. The average molecular weight is 225 g/mol. The summed E-state index contributed by atoms with van der Waals surface area (Å²) in [6.45, 7) is 4.24. The number of halogens is 1. The van der Waals surface area contributed by atoms with Crippen molar-refractivity contribution in [1.82, 2.24) is 4.90 Å². The first kappa shape index (κ1) is 13.5. The van der Waals surface area contributed by atoms with Crippen LogP contribution in [-0.2, 0) is 9.47 Å². The van der Waals surface area contributed by atoms with Crippen molar-refractivity contribution in [2.45, 2.75) is 13.0 Å². The Morgan fingerprint density at radius 2 is 2.43 bits per heavy atom. The summed E-state index contributed by atoms with van der Waals surface area (Å²) in [7, 11) is 0. The topological polar surface area (TPSA) is 64.8 Å². The van der Waals surface area contributed by atoms with E-state index in [-0.39, 0.29) is 24.5 Å². The first-order chi connectivity index (χ1) is 6.29. The van der Waals surface area contributed by atoms with Crippen LogP contribution in [0.1, 0.15) is 6.92 Å². The normalized spacial score (nSPS) is 21.3. The van der Waals surface area contributed by atoms with Crippen LogP contribution >= 0.6 is 12.4 Å². The van der Waals surface area contributed by atoms with E-state index in [2.05, 4.69) is 0 Å². The molecule has 0 aromatic heterocycles. The molecule has 1 fully saturated rings. The predicted molar refractivity (Wildman–Crippen MR) is 54.6 cm³/mol. The third-order valence-corrected chi connectivity index (χ3v) is 2.00. The van der Waals surface area contributed by atoms with Gasteiger partial charge in [-0.2, -0.15) is 0 Å². The van der Waals surface area contributed by atoms with Crippen molar-refractivity contribution in [2.24, 2.45) is 5.73 Å². The quantitative estimate of drug-likeness (QED) is 0.729. The van der Waals surface area contributed by atoms with E-state index < -0.39 is 0 Å². The first-order valence-corrected chi connectivity index (χ1v) is 4.50. The highest BCUT2D eigenvalue weighted by molar-refractivity contribution is 5.85. The second kappa shape index (κ2) is 6.86. The van der Waals surface area contributed by atoms with Gasteiger partial charge in [0, 0.05) is 13.1 Å². The third kappa shape index (κ3) is 3.32. The fourth-order valence-electron chi connectivity index (χ4n) is 1.30. The van der Waals surface area contributed by atoms with Crippen LogP contribution in [0.25, 0.3) is 0 Å². The third-order valence-electron chi connectivity index (χ3n) is 2.00. The van der Waals surface area contributed by atoms with Gasteiger partial charge in [-0.15, -0.1) is 12.4 Å². The van der Waals surface area contributed by atoms with E-state index in [1.165, 1.54) is 0 Å². The molecule has 14 heavy (non-hydrogen) atoms. The molecule has 0 radical (unpaired) electrons. The van der Waals surface area contributed by atoms with Crippen LogP contribution in [0.4, 0.5) is 4.79 Å². The van der Waals surface area contributed by atoms with Crippen LogP contribution in [0.5, 0.6) is 0 Å². The fraction of sp³-hybridized carbons (Fsp3) is 0.875. The maximum atomic E-state index is 11.4. The van der Waals surface area contributed by atoms with Crippen LogP contribution in [0, 0.1) is 0 Å². The lowest BCUT2D eigenvalue weighted by Gasteiger charge is -2.33. The minimum Gasteiger partial charge on any atom is -0.450 e. The first-order valence-electron chi connectivity index (χ1n) is 4.50. The number of amides is 1. The molecule has 1 saturated heterocycles. The summed E-state index contributed by atoms with van der Waals surface area (Å²) in [6, 6.07) is -0.0344. The molecule has 0 spiro atoms. The molecule has 1 atom stereocenters. The maximum absolute atomic E-state index is 11.4. The summed E-state index contributed by atoms with van der Waals surface area (Å²) in [6.07, 6.45) is -0.291. The predicted octanol–water partition coefficient (Wildman–Crippen LogP) is 0.224. The molecule has 0 aliphatic carbocycles. The van der Waals surface area contributed by atoms with Crippen LogP contribution in [0.15, 0.2) is 0 Å². The zero-order valence-electron chi connectivity index (χ0n) is 8.27. The molecule has 1 heterocycles. The summed E-state index contributed by atoms with van der Waals surface area (Å²) in [5, 5.41) is 0. The molecular weight excluding hydrogens is 208 g/mol. The largest absolute Gasteiger partial charge is 0.450 e. The molecule has 2 N–H and O–H groups in total. The lowest BCUT2D eigenvalue weighted by molar-refractivity contribution is -0.00499. The number of nitrogens with two attached hydrogens (primary N) is 1. The van der Waals surface area contributed by atoms with Crippen molar-refractivity contribution in [3.8, 4) is 0 Å². The van der Waals surface area contributed by atoms with Gasteiger partial charge in [0.1, 0.15) is 0 Å². The van der Waals surface area contributed by atoms with Crippen molar-refractivity contribution in [2.75, 3.05) is 32.9 Å². The number of morpholine rings is 1. The van der Waals surface area contributed by atoms with Gasteiger partial charge in [-0.3, -0.25) is 4.90 Å². The van der Waals surface area contributed by atoms with Crippen LogP contribution < -0.4 is 5.73 Å². The second-order valence-corrected chi connectivity index (χ2v) is 2.86. The molecule has 84 valence electrons. The molecule has 1 aliphatic rings. The van der Waals surface area contributed by atoms with Gasteiger partial charge in [-0.25, -0.2) is 4.79 Å². The van der Waals surface area contributed by atoms with E-state index in [4.69, 9.17) is 15.2 Å². The zero-order chi connectivity index (χ0) is 9.68. The van der Waals surface area contributed by atoms with Crippen molar-refractivity contribution < 1.29 is 14.3 Å². The van der Waals surface area contributed by atoms with Gasteiger partial charge in [0.2, 0.25) is 0 Å². The Morgan fingerprint density at radius 3 is 3.00 bits per heavy atom. The van der Waals surface area contributed by atoms with Crippen LogP contribution in [0.2, 0.25) is 0 Å². The number of carbonyl (C=O) groups excluding carboxylic acids is 1. The molecule has 0 aromatic rings. The van der Waals surface area contributed by atoms with Crippen LogP contribution in [-0.4, -0.2) is 49.9 Å². The SMILES string of the molecule is CCOC(=O)N1CCOC[C@@H]1CN.Cl. The number of carbonyl (C=O) groups is 1. The molecule has 1 amide bonds. The molecule has 1 aliphatic heterocycles. The zero-order valence-corrected chi connectivity index (χ0v) is 9.09. The van der Waals surface area contributed by atoms with Gasteiger partial charge in [0.25, 0.3) is 0 Å². The lowest BCUT2D eigenvalue weighted by atomic mass is 10.2. The Hall–Kier alpha value is -0.520. The van der Waals surface area contributed by atoms with Gasteiger partial charge in [0.15, 0.2) is 0 Å². The Kier molecular flexibility index (Phi) is 6.61. The van der Waals surface area contributed by atoms with E-state index >= 15 is 0 Å². The number of rotatable bonds is 2. The summed E-state index contributed by atoms with van der Waals surface area (Å²) in [5.74, 6) is 0. The summed E-state index contributed by atoms with van der Waals surface area (Å²) in [5.41, 5.74) is 5.50. The smallest absolute Gasteiger partial charge is 0.410 e. The molecule has 6 heteroatoms. The Morgan fingerprint density at radius 1 is 1.71 bits per heavy atom. The molecule has 1 rings (SSSR count). The maximum Gasteiger partial charge on any atom is 0.410 e. The second-order valence-electron chi connectivity index (χ2n) is 2.86. The summed E-state index contributed by atoms with van der Waals surface area (Å²) < 4.78 is 10.1. The highest BCUT2D eigenvalue weighted by atomic mass is 35.5. The van der Waals surface area contributed by atoms with Crippen LogP contribution in [0.3, 0.4) is 0 Å². The highest BCUT2D eigenvalue weighted by Gasteiger charge is 2.26. The number of ether oxygens (including phenoxy) is 2. The van der Waals surface area contributed by atoms with Crippen molar-refractivity contribution in [1.29, 1.82) is 0 Å². The summed E-state index contributed by atoms with van der Waals surface area (Å²) in [4.78, 5) is 13.0. The molecular formula is C8H17ClN2O3. The minimum absolute atomic E-state index is 0. The van der Waals surface area contributed by atoms with E-state index in [0.717, 1.165) is 0 Å². The van der Waals surface area contributed by atoms with Gasteiger partial charge < -0.3 is 15.2 Å². The van der Waals surface area contributed by atoms with Gasteiger partial charge in [0.05, 0.1) is 25.9 Å². The molecule has 0 aromatic carbocycles. The van der Waals surface area contributed by atoms with E-state index in [9.17, 15) is 4.79 Å². The summed E-state index contributed by atoms with van der Waals surface area (Å²) >= 11 is 0. The molecule has 5 nitrogen and oxygen atoms in total. The van der Waals surface area contributed by atoms with Gasteiger partial charge >= 0.3 is 6.09 Å². The van der Waals surface area contributed by atoms with Gasteiger partial charge in [-0.1, -0.05) is 0 Å². The molecule has 0 saturated carbocycles. The Labute approximate surface area is 89.9 Å². The van der Waals surface area contributed by atoms with E-state index in [0.29, 0.717) is 32.9 Å². The minimum atomic E-state index is -0.291. The van der Waals surface area contributed by atoms with Crippen molar-refractivity contribution in [3.63, 3.8) is 0 Å². The highest BCUT2D eigenvalue weighted by Crippen LogP contribution is 2.07. The standard InChI is InChI=1S/C8H16N2O3.ClH/c1-2-13-8(11)10-3-4-12-6-7(10)5-9;/h7H,2-6,9H2,1H3;1H/t7-;/m0./s1. The number of hydrogen-bond donors (Lipinski definition) is 1. The Bertz CT molecular complexity index is 180. The molecule has 0 bridgehead atoms. The van der Waals surface area contributed by atoms with E-state index in [1.54, 1.807) is 11.8 Å². The number of hydrogen-bond acceptors (Lipinski definition) is 4.